The van der Waals surface area contributed by atoms with Crippen LogP contribution in [0.15, 0.2) is 42.5 Å². The van der Waals surface area contributed by atoms with E-state index in [0.717, 1.165) is 22.6 Å². The monoisotopic (exact) mass is 447 g/mol. The highest BCUT2D eigenvalue weighted by molar-refractivity contribution is 7.90. The summed E-state index contributed by atoms with van der Waals surface area (Å²) < 4.78 is 28.4. The van der Waals surface area contributed by atoms with Crippen LogP contribution in [0.5, 0.6) is 0 Å². The van der Waals surface area contributed by atoms with Crippen LogP contribution in [0.25, 0.3) is 10.8 Å². The van der Waals surface area contributed by atoms with Gasteiger partial charge in [0.25, 0.3) is 0 Å². The molecule has 0 saturated carbocycles. The number of ketones is 2. The Labute approximate surface area is 183 Å². The van der Waals surface area contributed by atoms with Gasteiger partial charge in [0.05, 0.1) is 18.3 Å². The molecule has 2 atom stereocenters. The topological polar surface area (TPSA) is 107 Å². The Bertz CT molecular complexity index is 1040. The summed E-state index contributed by atoms with van der Waals surface area (Å²) in [5.41, 5.74) is 1.03. The van der Waals surface area contributed by atoms with E-state index < -0.39 is 33.5 Å². The summed E-state index contributed by atoms with van der Waals surface area (Å²) in [7, 11) is -2.06. The summed E-state index contributed by atoms with van der Waals surface area (Å²) in [5.74, 6) is -2.65. The van der Waals surface area contributed by atoms with Crippen molar-refractivity contribution in [3.63, 3.8) is 0 Å². The van der Waals surface area contributed by atoms with Crippen molar-refractivity contribution in [2.24, 2.45) is 5.92 Å². The van der Waals surface area contributed by atoms with Crippen LogP contribution in [0.2, 0.25) is 0 Å². The molecule has 0 unspecified atom stereocenters. The molecule has 2 aromatic rings. The Morgan fingerprint density at radius 3 is 2.39 bits per heavy atom. The van der Waals surface area contributed by atoms with Crippen molar-refractivity contribution < 1.29 is 27.5 Å². The molecule has 7 nitrogen and oxygen atoms in total. The molecule has 0 aliphatic carbocycles. The summed E-state index contributed by atoms with van der Waals surface area (Å²) in [5, 5.41) is 4.74. The summed E-state index contributed by atoms with van der Waals surface area (Å²) in [6.07, 6.45) is 1.49. The number of carbonyl (C=O) groups is 3. The van der Waals surface area contributed by atoms with Crippen molar-refractivity contribution >= 4 is 38.1 Å². The number of amides is 1. The van der Waals surface area contributed by atoms with Gasteiger partial charge in [0.15, 0.2) is 5.78 Å². The number of benzene rings is 2. The lowest BCUT2D eigenvalue weighted by Crippen LogP contribution is -2.47. The first-order valence-corrected chi connectivity index (χ1v) is 12.1. The molecule has 1 amide bonds. The van der Waals surface area contributed by atoms with Crippen LogP contribution < -0.4 is 5.32 Å². The van der Waals surface area contributed by atoms with E-state index in [0.29, 0.717) is 6.42 Å². The van der Waals surface area contributed by atoms with Crippen molar-refractivity contribution in [3.05, 3.63) is 48.0 Å². The second-order valence-corrected chi connectivity index (χ2v) is 10.0. The molecule has 0 aliphatic heterocycles. The van der Waals surface area contributed by atoms with Crippen LogP contribution in [0.4, 0.5) is 0 Å². The molecule has 0 spiro atoms. The largest absolute Gasteiger partial charge is 0.382 e. The summed E-state index contributed by atoms with van der Waals surface area (Å²) in [4.78, 5) is 37.0. The highest BCUT2D eigenvalue weighted by Gasteiger charge is 2.28. The normalized spacial score (nSPS) is 13.5. The first-order valence-electron chi connectivity index (χ1n) is 10.1. The van der Waals surface area contributed by atoms with Crippen LogP contribution in [-0.4, -0.2) is 57.7 Å². The van der Waals surface area contributed by atoms with E-state index in [4.69, 9.17) is 4.74 Å². The van der Waals surface area contributed by atoms with Crippen molar-refractivity contribution in [3.8, 4) is 0 Å². The fourth-order valence-electron chi connectivity index (χ4n) is 3.55. The lowest BCUT2D eigenvalue weighted by atomic mass is 9.98. The van der Waals surface area contributed by atoms with Crippen molar-refractivity contribution in [2.75, 3.05) is 25.7 Å². The Balaban J connectivity index is 2.09. The molecule has 31 heavy (non-hydrogen) atoms. The van der Waals surface area contributed by atoms with Crippen LogP contribution in [0, 0.1) is 5.92 Å². The molecule has 0 bridgehead atoms. The quantitative estimate of drug-likeness (QED) is 0.534. The Hall–Kier alpha value is -2.58. The summed E-state index contributed by atoms with van der Waals surface area (Å²) in [6, 6.07) is 12.9. The van der Waals surface area contributed by atoms with Gasteiger partial charge in [0.1, 0.15) is 21.7 Å². The number of aryl methyl sites for hydroxylation is 1. The minimum absolute atomic E-state index is 0.0359. The fourth-order valence-corrected chi connectivity index (χ4v) is 4.55. The second-order valence-electron chi connectivity index (χ2n) is 7.82. The molecule has 0 heterocycles. The molecule has 2 rings (SSSR count). The maximum Gasteiger partial charge on any atom is 0.225 e. The predicted octanol–water partition coefficient (Wildman–Crippen LogP) is 2.11. The Kier molecular flexibility index (Phi) is 8.88. The van der Waals surface area contributed by atoms with Crippen LogP contribution in [0.3, 0.4) is 0 Å². The number of rotatable bonds is 12. The van der Waals surface area contributed by atoms with Crippen LogP contribution >= 0.6 is 0 Å². The molecule has 0 radical (unpaired) electrons. The fraction of sp³-hybridized carbons (Fsp3) is 0.435. The molecule has 2 aromatic carbocycles. The van der Waals surface area contributed by atoms with E-state index in [1.165, 1.54) is 14.0 Å². The van der Waals surface area contributed by atoms with E-state index in [1.807, 2.05) is 42.5 Å². The zero-order valence-electron chi connectivity index (χ0n) is 18.1. The smallest absolute Gasteiger partial charge is 0.225 e. The Morgan fingerprint density at radius 1 is 1.06 bits per heavy atom. The van der Waals surface area contributed by atoms with Gasteiger partial charge in [-0.15, -0.1) is 0 Å². The third-order valence-corrected chi connectivity index (χ3v) is 5.98. The third-order valence-electron chi connectivity index (χ3n) is 4.97. The van der Waals surface area contributed by atoms with Gasteiger partial charge in [-0.2, -0.15) is 0 Å². The molecule has 8 heteroatoms. The first-order chi connectivity index (χ1) is 14.6. The van der Waals surface area contributed by atoms with Crippen molar-refractivity contribution in [1.82, 2.24) is 5.32 Å². The molecular formula is C23H29NO6S. The number of ether oxygens (including phenoxy) is 1. The first kappa shape index (κ1) is 24.7. The zero-order chi connectivity index (χ0) is 23.0. The minimum atomic E-state index is -3.48. The lowest BCUT2D eigenvalue weighted by molar-refractivity contribution is -0.132. The van der Waals surface area contributed by atoms with Gasteiger partial charge >= 0.3 is 0 Å². The zero-order valence-corrected chi connectivity index (χ0v) is 18.9. The van der Waals surface area contributed by atoms with E-state index in [9.17, 15) is 22.8 Å². The van der Waals surface area contributed by atoms with Gasteiger partial charge in [-0.05, 0) is 29.7 Å². The van der Waals surface area contributed by atoms with Crippen LogP contribution in [-0.2, 0) is 35.4 Å². The standard InChI is InChI=1S/C23H29NO6S/c1-16(25)13-19(15-31(3,28)29)23(27)24-21(14-30-2)22(26)12-11-18-9-6-8-17-7-4-5-10-20(17)18/h4-10,19,21H,11-15H2,1-3H3,(H,24,27)/t19-,21+/m1/s1. The number of sulfone groups is 1. The van der Waals surface area contributed by atoms with Crippen LogP contribution in [0.1, 0.15) is 25.3 Å². The number of methoxy groups -OCH3 is 1. The average Bonchev–Trinajstić information content (AvgIpc) is 2.69. The number of carbonyl (C=O) groups excluding carboxylic acids is 3. The summed E-state index contributed by atoms with van der Waals surface area (Å²) >= 11 is 0. The second kappa shape index (κ2) is 11.2. The van der Waals surface area contributed by atoms with E-state index >= 15 is 0 Å². The van der Waals surface area contributed by atoms with Crippen molar-refractivity contribution in [1.29, 1.82) is 0 Å². The van der Waals surface area contributed by atoms with Gasteiger partial charge in [-0.1, -0.05) is 42.5 Å². The maximum atomic E-state index is 12.8. The number of hydrogen-bond acceptors (Lipinski definition) is 6. The molecule has 0 aliphatic rings. The van der Waals surface area contributed by atoms with Crippen molar-refractivity contribution in [2.45, 2.75) is 32.2 Å². The number of hydrogen-bond donors (Lipinski definition) is 1. The van der Waals surface area contributed by atoms with E-state index in [-0.39, 0.29) is 31.0 Å². The predicted molar refractivity (Wildman–Crippen MR) is 120 cm³/mol. The number of Topliss-reactive ketones (excluding diaryl/α,β-unsaturated/α-hetero) is 2. The lowest BCUT2D eigenvalue weighted by Gasteiger charge is -2.21. The highest BCUT2D eigenvalue weighted by atomic mass is 32.2. The number of fused-ring (bicyclic) bond motifs is 1. The van der Waals surface area contributed by atoms with E-state index in [2.05, 4.69) is 5.32 Å². The van der Waals surface area contributed by atoms with Gasteiger partial charge in [-0.3, -0.25) is 9.59 Å². The van der Waals surface area contributed by atoms with Gasteiger partial charge in [0.2, 0.25) is 5.91 Å². The van der Waals surface area contributed by atoms with E-state index in [1.54, 1.807) is 0 Å². The third kappa shape index (κ3) is 7.88. The molecular weight excluding hydrogens is 418 g/mol. The number of nitrogens with one attached hydrogen (secondary N) is 1. The minimum Gasteiger partial charge on any atom is -0.382 e. The Morgan fingerprint density at radius 2 is 1.74 bits per heavy atom. The molecule has 168 valence electrons. The molecule has 0 saturated heterocycles. The molecule has 0 aromatic heterocycles. The van der Waals surface area contributed by atoms with Gasteiger partial charge in [0, 0.05) is 26.2 Å². The maximum absolute atomic E-state index is 12.8. The highest BCUT2D eigenvalue weighted by Crippen LogP contribution is 2.20. The van der Waals surface area contributed by atoms with Gasteiger partial charge in [-0.25, -0.2) is 8.42 Å². The summed E-state index contributed by atoms with van der Waals surface area (Å²) in [6.45, 7) is 1.26. The van der Waals surface area contributed by atoms with Gasteiger partial charge < -0.3 is 14.8 Å². The molecule has 0 fully saturated rings. The molecule has 1 N–H and O–H groups in total. The SMILES string of the molecule is COC[C@H](NC(=O)[C@H](CC(C)=O)CS(C)(=O)=O)C(=O)CCc1cccc2ccccc12. The average molecular weight is 448 g/mol.